The highest BCUT2D eigenvalue weighted by Gasteiger charge is 2.29. The number of rotatable bonds is 1. The third-order valence-corrected chi connectivity index (χ3v) is 8.45. The van der Waals surface area contributed by atoms with E-state index in [0.717, 1.165) is 0 Å². The van der Waals surface area contributed by atoms with E-state index >= 15 is 0 Å². The van der Waals surface area contributed by atoms with Crippen LogP contribution in [0.4, 0.5) is 0 Å². The van der Waals surface area contributed by atoms with Crippen molar-refractivity contribution in [2.45, 2.75) is 78.6 Å². The summed E-state index contributed by atoms with van der Waals surface area (Å²) in [5.74, 6) is 0. The summed E-state index contributed by atoms with van der Waals surface area (Å²) in [4.78, 5) is 0. The Morgan fingerprint density at radius 3 is 1.53 bits per heavy atom. The second kappa shape index (κ2) is 8.06. The van der Waals surface area contributed by atoms with Crippen LogP contribution in [-0.4, -0.2) is 0 Å². The van der Waals surface area contributed by atoms with E-state index in [1.165, 1.54) is 71.6 Å². The molecular formula is C38H40. The highest BCUT2D eigenvalue weighted by molar-refractivity contribution is 6.29. The van der Waals surface area contributed by atoms with Gasteiger partial charge in [0.2, 0.25) is 0 Å². The molecule has 0 heteroatoms. The summed E-state index contributed by atoms with van der Waals surface area (Å²) in [5, 5.41) is 5.45. The average Bonchev–Trinajstić information content (AvgIpc) is 3.18. The van der Waals surface area contributed by atoms with E-state index in [9.17, 15) is 0 Å². The van der Waals surface area contributed by atoms with Crippen LogP contribution in [-0.2, 0) is 16.2 Å². The Labute approximate surface area is 228 Å². The first kappa shape index (κ1) is 24.9. The summed E-state index contributed by atoms with van der Waals surface area (Å²) >= 11 is 0. The Hall–Kier alpha value is -3.38. The fourth-order valence-corrected chi connectivity index (χ4v) is 6.13. The molecule has 0 bridgehead atoms. The zero-order valence-corrected chi connectivity index (χ0v) is 24.5. The Kier molecular flexibility index (Phi) is 5.29. The molecule has 0 spiro atoms. The van der Waals surface area contributed by atoms with E-state index in [-0.39, 0.29) is 16.2 Å². The molecule has 0 heterocycles. The van der Waals surface area contributed by atoms with Crippen molar-refractivity contribution in [3.05, 3.63) is 95.6 Å². The van der Waals surface area contributed by atoms with Crippen LogP contribution in [0.1, 0.15) is 79.0 Å². The third kappa shape index (κ3) is 3.80. The fraction of sp³-hybridized carbons (Fsp3) is 0.316. The van der Waals surface area contributed by atoms with Crippen LogP contribution in [0, 0.1) is 0 Å². The molecule has 0 N–H and O–H groups in total. The van der Waals surface area contributed by atoms with Crippen molar-refractivity contribution >= 4 is 21.5 Å². The maximum absolute atomic E-state index is 2.45. The number of hydrogen-bond acceptors (Lipinski definition) is 0. The van der Waals surface area contributed by atoms with E-state index in [0.29, 0.717) is 0 Å². The third-order valence-electron chi connectivity index (χ3n) is 8.45. The zero-order chi connectivity index (χ0) is 27.2. The molecule has 0 unspecified atom stereocenters. The van der Waals surface area contributed by atoms with E-state index < -0.39 is 0 Å². The van der Waals surface area contributed by atoms with Gasteiger partial charge in [0.15, 0.2) is 0 Å². The van der Waals surface area contributed by atoms with Crippen LogP contribution < -0.4 is 0 Å². The van der Waals surface area contributed by atoms with Gasteiger partial charge in [-0.25, -0.2) is 0 Å². The van der Waals surface area contributed by atoms with Gasteiger partial charge in [0.05, 0.1) is 0 Å². The lowest BCUT2D eigenvalue weighted by Crippen LogP contribution is -2.16. The lowest BCUT2D eigenvalue weighted by molar-refractivity contribution is 0.569. The van der Waals surface area contributed by atoms with Gasteiger partial charge in [0.1, 0.15) is 0 Å². The Balaban J connectivity index is 1.76. The first-order chi connectivity index (χ1) is 17.7. The Morgan fingerprint density at radius 1 is 0.395 bits per heavy atom. The number of benzene rings is 5. The molecule has 1 aliphatic carbocycles. The zero-order valence-electron chi connectivity index (χ0n) is 24.5. The molecule has 0 saturated carbocycles. The minimum atomic E-state index is 0.0697. The van der Waals surface area contributed by atoms with Crippen molar-refractivity contribution in [1.29, 1.82) is 0 Å². The van der Waals surface area contributed by atoms with Gasteiger partial charge in [0.25, 0.3) is 0 Å². The summed E-state index contributed by atoms with van der Waals surface area (Å²) in [6.07, 6.45) is 0. The lowest BCUT2D eigenvalue weighted by atomic mass is 9.78. The number of fused-ring (bicyclic) bond motifs is 5. The normalized spacial score (nSPS) is 13.4. The highest BCUT2D eigenvalue weighted by atomic mass is 14.3. The number of hydrogen-bond donors (Lipinski definition) is 0. The molecule has 5 aromatic carbocycles. The SMILES string of the molecule is CC(C)(C)c1cc(-c2c3ccccc3c3c4c(cccc24)-c2cc(C(C)(C)C)ccc2-3)cc(C(C)(C)C)c1. The van der Waals surface area contributed by atoms with Gasteiger partial charge in [-0.2, -0.15) is 0 Å². The highest BCUT2D eigenvalue weighted by Crippen LogP contribution is 2.54. The molecule has 0 aromatic heterocycles. The van der Waals surface area contributed by atoms with E-state index in [4.69, 9.17) is 0 Å². The van der Waals surface area contributed by atoms with Gasteiger partial charge in [0, 0.05) is 0 Å². The molecule has 0 nitrogen and oxygen atoms in total. The Morgan fingerprint density at radius 2 is 0.947 bits per heavy atom. The summed E-state index contributed by atoms with van der Waals surface area (Å²) in [6, 6.07) is 30.5. The van der Waals surface area contributed by atoms with Crippen molar-refractivity contribution in [2.75, 3.05) is 0 Å². The second-order valence-electron chi connectivity index (χ2n) is 14.3. The van der Waals surface area contributed by atoms with Gasteiger partial charge in [-0.1, -0.05) is 135 Å². The molecular weight excluding hydrogens is 456 g/mol. The van der Waals surface area contributed by atoms with Crippen LogP contribution in [0.15, 0.2) is 78.9 Å². The van der Waals surface area contributed by atoms with Crippen LogP contribution in [0.5, 0.6) is 0 Å². The smallest absolute Gasteiger partial charge is 0.00137 e. The summed E-state index contributed by atoms with van der Waals surface area (Å²) < 4.78 is 0. The first-order valence-corrected chi connectivity index (χ1v) is 14.0. The van der Waals surface area contributed by atoms with Crippen molar-refractivity contribution in [1.82, 2.24) is 0 Å². The van der Waals surface area contributed by atoms with Crippen molar-refractivity contribution in [3.8, 4) is 33.4 Å². The topological polar surface area (TPSA) is 0 Å². The molecule has 0 radical (unpaired) electrons. The van der Waals surface area contributed by atoms with Crippen LogP contribution in [0.25, 0.3) is 54.9 Å². The van der Waals surface area contributed by atoms with Crippen molar-refractivity contribution < 1.29 is 0 Å². The van der Waals surface area contributed by atoms with Gasteiger partial charge < -0.3 is 0 Å². The fourth-order valence-electron chi connectivity index (χ4n) is 6.13. The van der Waals surface area contributed by atoms with Gasteiger partial charge >= 0.3 is 0 Å². The second-order valence-corrected chi connectivity index (χ2v) is 14.3. The lowest BCUT2D eigenvalue weighted by Gasteiger charge is -2.27. The standard InChI is InChI=1S/C38H40/c1-36(2,3)24-17-18-30-32(22-24)29-15-12-16-31-33(27-13-10-11-14-28(27)34(30)35(29)31)23-19-25(37(4,5)6)21-26(20-23)38(7,8)9/h10-22H,1-9H3. The molecule has 5 aromatic rings. The minimum absolute atomic E-state index is 0.0697. The largest absolute Gasteiger partial charge is 0.0616 e. The Bertz CT molecular complexity index is 1710. The summed E-state index contributed by atoms with van der Waals surface area (Å²) in [6.45, 7) is 20.9. The van der Waals surface area contributed by atoms with Crippen molar-refractivity contribution in [3.63, 3.8) is 0 Å². The van der Waals surface area contributed by atoms with Gasteiger partial charge in [-0.05, 0) is 93.9 Å². The first-order valence-electron chi connectivity index (χ1n) is 14.0. The molecule has 1 aliphatic rings. The van der Waals surface area contributed by atoms with Crippen LogP contribution in [0.2, 0.25) is 0 Å². The molecule has 6 rings (SSSR count). The van der Waals surface area contributed by atoms with E-state index in [2.05, 4.69) is 141 Å². The summed E-state index contributed by atoms with van der Waals surface area (Å²) in [7, 11) is 0. The van der Waals surface area contributed by atoms with Crippen LogP contribution in [0.3, 0.4) is 0 Å². The maximum atomic E-state index is 2.45. The van der Waals surface area contributed by atoms with E-state index in [1.807, 2.05) is 0 Å². The predicted molar refractivity (Wildman–Crippen MR) is 167 cm³/mol. The molecule has 0 aliphatic heterocycles. The average molecular weight is 497 g/mol. The monoisotopic (exact) mass is 496 g/mol. The molecule has 38 heavy (non-hydrogen) atoms. The van der Waals surface area contributed by atoms with E-state index in [1.54, 1.807) is 0 Å². The molecule has 0 saturated heterocycles. The minimum Gasteiger partial charge on any atom is -0.0616 e. The quantitative estimate of drug-likeness (QED) is 0.199. The summed E-state index contributed by atoms with van der Waals surface area (Å²) in [5.41, 5.74) is 12.6. The maximum Gasteiger partial charge on any atom is -0.00137 e. The van der Waals surface area contributed by atoms with Crippen molar-refractivity contribution in [2.24, 2.45) is 0 Å². The van der Waals surface area contributed by atoms with Gasteiger partial charge in [-0.15, -0.1) is 0 Å². The molecule has 0 atom stereocenters. The molecule has 0 fully saturated rings. The molecule has 192 valence electrons. The molecule has 0 amide bonds. The van der Waals surface area contributed by atoms with Crippen LogP contribution >= 0.6 is 0 Å². The predicted octanol–water partition coefficient (Wildman–Crippen LogP) is 11.2. The van der Waals surface area contributed by atoms with Gasteiger partial charge in [-0.3, -0.25) is 0 Å².